The number of aromatic nitrogens is 2. The zero-order valence-corrected chi connectivity index (χ0v) is 13.5. The number of aryl methyl sites for hydroxylation is 1. The highest BCUT2D eigenvalue weighted by Crippen LogP contribution is 2.24. The first-order valence-corrected chi connectivity index (χ1v) is 7.39. The summed E-state index contributed by atoms with van der Waals surface area (Å²) in [5.74, 6) is 0.544. The minimum Gasteiger partial charge on any atom is -0.497 e. The van der Waals surface area contributed by atoms with E-state index in [1.807, 2.05) is 23.6 Å². The highest BCUT2D eigenvalue weighted by atomic mass is 35.5. The lowest BCUT2D eigenvalue weighted by molar-refractivity contribution is 0.0697. The Balaban J connectivity index is 2.05. The molecule has 1 aromatic heterocycles. The number of benzene rings is 2. The summed E-state index contributed by atoms with van der Waals surface area (Å²) in [7, 11) is 1.60. The third-order valence-corrected chi connectivity index (χ3v) is 3.91. The molecule has 0 saturated carbocycles. The van der Waals surface area contributed by atoms with Crippen LogP contribution in [0.3, 0.4) is 0 Å². The first-order chi connectivity index (χ1) is 11.0. The predicted molar refractivity (Wildman–Crippen MR) is 88.5 cm³/mol. The van der Waals surface area contributed by atoms with Crippen molar-refractivity contribution in [1.29, 1.82) is 0 Å². The van der Waals surface area contributed by atoms with E-state index in [-0.39, 0.29) is 5.56 Å². The van der Waals surface area contributed by atoms with Crippen LogP contribution in [0.25, 0.3) is 11.0 Å². The molecule has 3 aromatic rings. The Hall–Kier alpha value is -2.53. The summed E-state index contributed by atoms with van der Waals surface area (Å²) in [6, 6.07) is 10.5. The third-order valence-electron chi connectivity index (χ3n) is 3.69. The van der Waals surface area contributed by atoms with Crippen molar-refractivity contribution < 1.29 is 14.6 Å². The Bertz CT molecular complexity index is 902. The topological polar surface area (TPSA) is 64.4 Å². The molecule has 0 saturated heterocycles. The second-order valence-electron chi connectivity index (χ2n) is 5.25. The van der Waals surface area contributed by atoms with Gasteiger partial charge in [0.05, 0.1) is 23.7 Å². The van der Waals surface area contributed by atoms with E-state index in [9.17, 15) is 4.79 Å². The molecular weight excluding hydrogens is 316 g/mol. The summed E-state index contributed by atoms with van der Waals surface area (Å²) in [6.07, 6.45) is 0. The van der Waals surface area contributed by atoms with E-state index >= 15 is 0 Å². The molecule has 118 valence electrons. The van der Waals surface area contributed by atoms with Crippen LogP contribution in [-0.4, -0.2) is 27.7 Å². The number of nitrogens with zero attached hydrogens (tertiary/aromatic N) is 2. The van der Waals surface area contributed by atoms with Gasteiger partial charge in [-0.05, 0) is 48.9 Å². The number of fused-ring (bicyclic) bond motifs is 1. The van der Waals surface area contributed by atoms with Crippen LogP contribution < -0.4 is 4.74 Å². The third kappa shape index (κ3) is 3.00. The van der Waals surface area contributed by atoms with Gasteiger partial charge in [-0.25, -0.2) is 9.78 Å². The standard InChI is InChI=1S/C17H15ClN2O3/c1-10-19-15-7-12(17(21)22)3-4-16(15)20(10)9-11-5-13(18)8-14(6-11)23-2/h3-8H,9H2,1-2H3,(H,21,22). The van der Waals surface area contributed by atoms with Crippen molar-refractivity contribution in [3.05, 3.63) is 58.4 Å². The molecule has 0 fully saturated rings. The molecule has 0 atom stereocenters. The first kappa shape index (κ1) is 15.4. The highest BCUT2D eigenvalue weighted by molar-refractivity contribution is 6.30. The summed E-state index contributed by atoms with van der Waals surface area (Å²) in [6.45, 7) is 2.47. The summed E-state index contributed by atoms with van der Waals surface area (Å²) in [5.41, 5.74) is 2.76. The summed E-state index contributed by atoms with van der Waals surface area (Å²) in [4.78, 5) is 15.5. The average Bonchev–Trinajstić information content (AvgIpc) is 2.81. The van der Waals surface area contributed by atoms with Crippen molar-refractivity contribution in [1.82, 2.24) is 9.55 Å². The van der Waals surface area contributed by atoms with Gasteiger partial charge in [-0.2, -0.15) is 0 Å². The molecule has 0 aliphatic carbocycles. The van der Waals surface area contributed by atoms with Gasteiger partial charge in [0, 0.05) is 11.6 Å². The molecule has 1 heterocycles. The molecule has 23 heavy (non-hydrogen) atoms. The van der Waals surface area contributed by atoms with Crippen LogP contribution in [0.1, 0.15) is 21.7 Å². The molecular formula is C17H15ClN2O3. The Labute approximate surface area is 138 Å². The van der Waals surface area contributed by atoms with Gasteiger partial charge < -0.3 is 14.4 Å². The number of carbonyl (C=O) groups is 1. The largest absolute Gasteiger partial charge is 0.497 e. The Kier molecular flexibility index (Phi) is 3.96. The quantitative estimate of drug-likeness (QED) is 0.791. The number of methoxy groups -OCH3 is 1. The molecule has 6 heteroatoms. The number of halogens is 1. The van der Waals surface area contributed by atoms with Crippen molar-refractivity contribution in [2.24, 2.45) is 0 Å². The Morgan fingerprint density at radius 1 is 1.30 bits per heavy atom. The summed E-state index contributed by atoms with van der Waals surface area (Å²) >= 11 is 6.11. The van der Waals surface area contributed by atoms with Crippen molar-refractivity contribution in [2.45, 2.75) is 13.5 Å². The van der Waals surface area contributed by atoms with Gasteiger partial charge in [-0.3, -0.25) is 0 Å². The van der Waals surface area contributed by atoms with Crippen LogP contribution >= 0.6 is 11.6 Å². The fourth-order valence-corrected chi connectivity index (χ4v) is 2.84. The number of aromatic carboxylic acids is 1. The molecule has 0 aliphatic heterocycles. The smallest absolute Gasteiger partial charge is 0.335 e. The molecule has 0 spiro atoms. The zero-order chi connectivity index (χ0) is 16.6. The summed E-state index contributed by atoms with van der Waals surface area (Å²) < 4.78 is 7.26. The Morgan fingerprint density at radius 2 is 2.09 bits per heavy atom. The minimum absolute atomic E-state index is 0.228. The molecule has 0 unspecified atom stereocenters. The Morgan fingerprint density at radius 3 is 2.78 bits per heavy atom. The van der Waals surface area contributed by atoms with Gasteiger partial charge in [0.15, 0.2) is 0 Å². The molecule has 0 radical (unpaired) electrons. The molecule has 5 nitrogen and oxygen atoms in total. The lowest BCUT2D eigenvalue weighted by Crippen LogP contribution is -2.02. The molecule has 1 N–H and O–H groups in total. The number of carboxylic acids is 1. The van der Waals surface area contributed by atoms with Gasteiger partial charge in [0.2, 0.25) is 0 Å². The van der Waals surface area contributed by atoms with Gasteiger partial charge in [-0.1, -0.05) is 11.6 Å². The monoisotopic (exact) mass is 330 g/mol. The maximum absolute atomic E-state index is 11.1. The number of hydrogen-bond acceptors (Lipinski definition) is 3. The van der Waals surface area contributed by atoms with Crippen molar-refractivity contribution >= 4 is 28.6 Å². The van der Waals surface area contributed by atoms with Crippen LogP contribution in [0, 0.1) is 6.92 Å². The van der Waals surface area contributed by atoms with Crippen LogP contribution in [-0.2, 0) is 6.54 Å². The van der Waals surface area contributed by atoms with E-state index < -0.39 is 5.97 Å². The van der Waals surface area contributed by atoms with Crippen molar-refractivity contribution in [3.8, 4) is 5.75 Å². The van der Waals surface area contributed by atoms with Gasteiger partial charge in [0.1, 0.15) is 11.6 Å². The maximum Gasteiger partial charge on any atom is 0.335 e. The normalized spacial score (nSPS) is 10.9. The molecule has 0 aliphatic rings. The number of imidazole rings is 1. The van der Waals surface area contributed by atoms with E-state index in [0.29, 0.717) is 22.8 Å². The average molecular weight is 331 g/mol. The molecule has 0 bridgehead atoms. The van der Waals surface area contributed by atoms with E-state index in [4.69, 9.17) is 21.4 Å². The van der Waals surface area contributed by atoms with Gasteiger partial charge >= 0.3 is 5.97 Å². The lowest BCUT2D eigenvalue weighted by atomic mass is 10.2. The number of ether oxygens (including phenoxy) is 1. The van der Waals surface area contributed by atoms with Crippen LogP contribution in [0.15, 0.2) is 36.4 Å². The molecule has 3 rings (SSSR count). The molecule has 2 aromatic carbocycles. The van der Waals surface area contributed by atoms with Crippen LogP contribution in [0.2, 0.25) is 5.02 Å². The zero-order valence-electron chi connectivity index (χ0n) is 12.7. The lowest BCUT2D eigenvalue weighted by Gasteiger charge is -2.09. The van der Waals surface area contributed by atoms with Crippen LogP contribution in [0.4, 0.5) is 0 Å². The second kappa shape index (κ2) is 5.93. The fourth-order valence-electron chi connectivity index (χ4n) is 2.60. The van der Waals surface area contributed by atoms with Crippen LogP contribution in [0.5, 0.6) is 5.75 Å². The second-order valence-corrected chi connectivity index (χ2v) is 5.69. The number of hydrogen-bond donors (Lipinski definition) is 1. The number of carboxylic acid groups (broad SMARTS) is 1. The minimum atomic E-state index is -0.960. The van der Waals surface area contributed by atoms with Crippen molar-refractivity contribution in [3.63, 3.8) is 0 Å². The summed E-state index contributed by atoms with van der Waals surface area (Å²) in [5, 5.41) is 9.69. The maximum atomic E-state index is 11.1. The van der Waals surface area contributed by atoms with Gasteiger partial charge in [0.25, 0.3) is 0 Å². The fraction of sp³-hybridized carbons (Fsp3) is 0.176. The predicted octanol–water partition coefficient (Wildman–Crippen LogP) is 3.75. The number of rotatable bonds is 4. The van der Waals surface area contributed by atoms with E-state index in [1.165, 1.54) is 0 Å². The van der Waals surface area contributed by atoms with E-state index in [1.54, 1.807) is 31.4 Å². The highest BCUT2D eigenvalue weighted by Gasteiger charge is 2.12. The van der Waals surface area contributed by atoms with E-state index in [2.05, 4.69) is 4.98 Å². The SMILES string of the molecule is COc1cc(Cl)cc(Cn2c(C)nc3cc(C(=O)O)ccc32)c1. The molecule has 0 amide bonds. The van der Waals surface area contributed by atoms with Crippen molar-refractivity contribution in [2.75, 3.05) is 7.11 Å². The first-order valence-electron chi connectivity index (χ1n) is 7.01. The van der Waals surface area contributed by atoms with Gasteiger partial charge in [-0.15, -0.1) is 0 Å². The van der Waals surface area contributed by atoms with E-state index in [0.717, 1.165) is 16.9 Å².